The molecular formula is C8H11NO2S. The van der Waals surface area contributed by atoms with Crippen molar-refractivity contribution in [2.45, 2.75) is 6.92 Å². The predicted molar refractivity (Wildman–Crippen MR) is 49.8 cm³/mol. The maximum atomic E-state index is 10.9. The standard InChI is InChI=1S/C8H11NO2S/c1-7-5-3-4-6-8(7)9-12(10)11-2/h3-6,12H,1-2H3. The average molecular weight is 185 g/mol. The molecule has 0 amide bonds. The van der Waals surface area contributed by atoms with E-state index in [1.165, 1.54) is 7.11 Å². The highest BCUT2D eigenvalue weighted by molar-refractivity contribution is 7.69. The number of thiol groups is 1. The van der Waals surface area contributed by atoms with E-state index in [4.69, 9.17) is 0 Å². The van der Waals surface area contributed by atoms with E-state index in [0.29, 0.717) is 0 Å². The average Bonchev–Trinajstić information content (AvgIpc) is 2.09. The molecule has 0 aromatic heterocycles. The maximum Gasteiger partial charge on any atom is 0.156 e. The summed E-state index contributed by atoms with van der Waals surface area (Å²) < 4.78 is 19.3. The SMILES string of the molecule is CO[SH](=O)=Nc1ccccc1C. The quantitative estimate of drug-likeness (QED) is 0.714. The van der Waals surface area contributed by atoms with Crippen molar-refractivity contribution in [2.24, 2.45) is 4.36 Å². The van der Waals surface area contributed by atoms with E-state index in [1.54, 1.807) is 0 Å². The molecule has 0 saturated carbocycles. The van der Waals surface area contributed by atoms with Crippen molar-refractivity contribution in [3.05, 3.63) is 29.8 Å². The van der Waals surface area contributed by atoms with Gasteiger partial charge >= 0.3 is 0 Å². The normalized spacial score (nSPS) is 13.2. The van der Waals surface area contributed by atoms with Crippen LogP contribution in [0.3, 0.4) is 0 Å². The molecule has 1 aromatic carbocycles. The lowest BCUT2D eigenvalue weighted by molar-refractivity contribution is 0.453. The second-order valence-electron chi connectivity index (χ2n) is 2.31. The van der Waals surface area contributed by atoms with E-state index in [1.807, 2.05) is 31.2 Å². The molecule has 1 aromatic rings. The number of para-hydroxylation sites is 1. The van der Waals surface area contributed by atoms with Gasteiger partial charge in [0.2, 0.25) is 0 Å². The van der Waals surface area contributed by atoms with E-state index in [0.717, 1.165) is 11.3 Å². The topological polar surface area (TPSA) is 38.7 Å². The minimum Gasteiger partial charge on any atom is -0.290 e. The molecule has 0 bridgehead atoms. The molecule has 12 heavy (non-hydrogen) atoms. The van der Waals surface area contributed by atoms with Crippen molar-refractivity contribution in [2.75, 3.05) is 7.11 Å². The Labute approximate surface area is 73.8 Å². The van der Waals surface area contributed by atoms with Crippen LogP contribution in [0, 0.1) is 6.92 Å². The van der Waals surface area contributed by atoms with Crippen LogP contribution in [0.5, 0.6) is 0 Å². The lowest BCUT2D eigenvalue weighted by Crippen LogP contribution is -1.78. The summed E-state index contributed by atoms with van der Waals surface area (Å²) in [5.41, 5.74) is 1.72. The van der Waals surface area contributed by atoms with Crippen LogP contribution in [0.1, 0.15) is 5.56 Å². The largest absolute Gasteiger partial charge is 0.290 e. The Morgan fingerprint density at radius 2 is 2.08 bits per heavy atom. The zero-order chi connectivity index (χ0) is 8.97. The third-order valence-electron chi connectivity index (χ3n) is 1.46. The van der Waals surface area contributed by atoms with Crippen LogP contribution in [-0.4, -0.2) is 11.3 Å². The van der Waals surface area contributed by atoms with Crippen molar-refractivity contribution in [1.82, 2.24) is 0 Å². The van der Waals surface area contributed by atoms with Gasteiger partial charge in [-0.2, -0.15) is 4.36 Å². The monoisotopic (exact) mass is 185 g/mol. The Morgan fingerprint density at radius 3 is 2.67 bits per heavy atom. The number of benzene rings is 1. The van der Waals surface area contributed by atoms with E-state index >= 15 is 0 Å². The Kier molecular flexibility index (Phi) is 3.25. The molecule has 0 N–H and O–H groups in total. The van der Waals surface area contributed by atoms with Gasteiger partial charge in [0.15, 0.2) is 10.9 Å². The summed E-state index contributed by atoms with van der Waals surface area (Å²) in [5.74, 6) is 0. The first-order valence-electron chi connectivity index (χ1n) is 3.52. The van der Waals surface area contributed by atoms with Gasteiger partial charge in [-0.15, -0.1) is 0 Å². The Balaban J connectivity index is 3.05. The molecule has 0 aliphatic rings. The summed E-state index contributed by atoms with van der Waals surface area (Å²) in [6, 6.07) is 7.48. The number of hydrogen-bond acceptors (Lipinski definition) is 3. The van der Waals surface area contributed by atoms with Crippen LogP contribution in [0.2, 0.25) is 0 Å². The number of hydrogen-bond donors (Lipinski definition) is 1. The molecule has 66 valence electrons. The molecule has 0 heterocycles. The highest BCUT2D eigenvalue weighted by Gasteiger charge is 1.92. The lowest BCUT2D eigenvalue weighted by Gasteiger charge is -1.96. The van der Waals surface area contributed by atoms with E-state index < -0.39 is 10.9 Å². The molecule has 0 radical (unpaired) electrons. The van der Waals surface area contributed by atoms with Gasteiger partial charge in [-0.05, 0) is 18.6 Å². The van der Waals surface area contributed by atoms with Gasteiger partial charge in [-0.25, -0.2) is 4.21 Å². The van der Waals surface area contributed by atoms with Crippen molar-refractivity contribution in [3.8, 4) is 0 Å². The van der Waals surface area contributed by atoms with Gasteiger partial charge < -0.3 is 0 Å². The first-order chi connectivity index (χ1) is 5.74. The molecule has 0 fully saturated rings. The predicted octanol–water partition coefficient (Wildman–Crippen LogP) is 1.85. The molecular weight excluding hydrogens is 174 g/mol. The fraction of sp³-hybridized carbons (Fsp3) is 0.250. The summed E-state index contributed by atoms with van der Waals surface area (Å²) in [6.45, 7) is 1.91. The Hall–Kier alpha value is -0.870. The summed E-state index contributed by atoms with van der Waals surface area (Å²) in [5, 5.41) is 0. The van der Waals surface area contributed by atoms with Crippen LogP contribution < -0.4 is 0 Å². The third-order valence-corrected chi connectivity index (χ3v) is 2.15. The molecule has 1 unspecified atom stereocenters. The number of rotatable bonds is 2. The van der Waals surface area contributed by atoms with Crippen molar-refractivity contribution < 1.29 is 8.39 Å². The molecule has 0 spiro atoms. The summed E-state index contributed by atoms with van der Waals surface area (Å²) in [7, 11) is -0.520. The van der Waals surface area contributed by atoms with Crippen LogP contribution in [0.4, 0.5) is 5.69 Å². The fourth-order valence-electron chi connectivity index (χ4n) is 0.804. The van der Waals surface area contributed by atoms with Crippen molar-refractivity contribution in [3.63, 3.8) is 0 Å². The van der Waals surface area contributed by atoms with Crippen molar-refractivity contribution in [1.29, 1.82) is 0 Å². The highest BCUT2D eigenvalue weighted by atomic mass is 32.2. The Morgan fingerprint density at radius 1 is 1.42 bits per heavy atom. The van der Waals surface area contributed by atoms with Gasteiger partial charge in [0.25, 0.3) is 0 Å². The zero-order valence-electron chi connectivity index (χ0n) is 7.02. The van der Waals surface area contributed by atoms with E-state index in [2.05, 4.69) is 8.55 Å². The zero-order valence-corrected chi connectivity index (χ0v) is 7.91. The van der Waals surface area contributed by atoms with Crippen LogP contribution in [0.15, 0.2) is 28.6 Å². The van der Waals surface area contributed by atoms with E-state index in [-0.39, 0.29) is 0 Å². The summed E-state index contributed by atoms with van der Waals surface area (Å²) >= 11 is 0. The maximum absolute atomic E-state index is 10.9. The Bertz CT molecular complexity index is 343. The minimum absolute atomic E-state index is 0.723. The summed E-state index contributed by atoms with van der Waals surface area (Å²) in [6.07, 6.45) is 0. The first kappa shape index (κ1) is 9.22. The van der Waals surface area contributed by atoms with Gasteiger partial charge in [0.05, 0.1) is 12.8 Å². The molecule has 4 heteroatoms. The smallest absolute Gasteiger partial charge is 0.156 e. The summed E-state index contributed by atoms with van der Waals surface area (Å²) in [4.78, 5) is 0. The second-order valence-corrected chi connectivity index (χ2v) is 3.35. The third kappa shape index (κ3) is 2.32. The second kappa shape index (κ2) is 4.23. The lowest BCUT2D eigenvalue weighted by atomic mass is 10.2. The van der Waals surface area contributed by atoms with Gasteiger partial charge in [-0.3, -0.25) is 4.18 Å². The number of nitrogens with zero attached hydrogens (tertiary/aromatic N) is 1. The molecule has 3 nitrogen and oxygen atoms in total. The van der Waals surface area contributed by atoms with Crippen LogP contribution in [-0.2, 0) is 15.1 Å². The van der Waals surface area contributed by atoms with Gasteiger partial charge in [-0.1, -0.05) is 18.2 Å². The van der Waals surface area contributed by atoms with Crippen LogP contribution in [0.25, 0.3) is 0 Å². The molecule has 0 aliphatic carbocycles. The first-order valence-corrected chi connectivity index (χ1v) is 4.65. The molecule has 0 saturated heterocycles. The molecule has 1 rings (SSSR count). The highest BCUT2D eigenvalue weighted by Crippen LogP contribution is 2.16. The van der Waals surface area contributed by atoms with E-state index in [9.17, 15) is 4.21 Å². The van der Waals surface area contributed by atoms with Gasteiger partial charge in [0.1, 0.15) is 0 Å². The molecule has 0 aliphatic heterocycles. The van der Waals surface area contributed by atoms with Crippen LogP contribution >= 0.6 is 0 Å². The van der Waals surface area contributed by atoms with Gasteiger partial charge in [0, 0.05) is 0 Å². The molecule has 1 atom stereocenters. The minimum atomic E-state index is -1.90. The van der Waals surface area contributed by atoms with Crippen molar-refractivity contribution >= 4 is 16.6 Å². The number of aryl methyl sites for hydroxylation is 1. The fourth-order valence-corrected chi connectivity index (χ4v) is 1.29.